The van der Waals surface area contributed by atoms with Gasteiger partial charge in [-0.05, 0) is 25.3 Å². The van der Waals surface area contributed by atoms with E-state index in [1.54, 1.807) is 7.11 Å². The lowest BCUT2D eigenvalue weighted by atomic mass is 10.0. The molecule has 1 aromatic rings. The number of rotatable bonds is 5. The van der Waals surface area contributed by atoms with Crippen LogP contribution in [0.1, 0.15) is 39.4 Å². The van der Waals surface area contributed by atoms with E-state index in [9.17, 15) is 4.79 Å². The minimum absolute atomic E-state index is 0.0828. The number of nitrogens with zero attached hydrogens (tertiary/aromatic N) is 1. The van der Waals surface area contributed by atoms with Gasteiger partial charge in [0.25, 0.3) is 0 Å². The van der Waals surface area contributed by atoms with Gasteiger partial charge in [-0.2, -0.15) is 0 Å². The van der Waals surface area contributed by atoms with Crippen molar-refractivity contribution in [2.45, 2.75) is 45.5 Å². The Balaban J connectivity index is 2.30. The Bertz CT molecular complexity index is 485. The van der Waals surface area contributed by atoms with Crippen molar-refractivity contribution in [2.75, 3.05) is 13.7 Å². The molecule has 1 aromatic carbocycles. The maximum absolute atomic E-state index is 12.7. The van der Waals surface area contributed by atoms with Crippen molar-refractivity contribution in [3.05, 3.63) is 35.9 Å². The summed E-state index contributed by atoms with van der Waals surface area (Å²) in [5.41, 5.74) is 0.747. The fraction of sp³-hybridized carbons (Fsp3) is 0.588. The van der Waals surface area contributed by atoms with Crippen molar-refractivity contribution < 1.29 is 9.53 Å². The van der Waals surface area contributed by atoms with Crippen LogP contribution in [0.25, 0.3) is 0 Å². The first-order valence-corrected chi connectivity index (χ1v) is 7.52. The number of ether oxygens (including phenoxy) is 1. The molecule has 0 spiro atoms. The zero-order chi connectivity index (χ0) is 15.6. The zero-order valence-electron chi connectivity index (χ0n) is 13.6. The van der Waals surface area contributed by atoms with E-state index < -0.39 is 0 Å². The molecule has 116 valence electrons. The molecule has 1 fully saturated rings. The number of carbonyl (C=O) groups excluding carboxylic acids is 1. The first-order chi connectivity index (χ1) is 9.85. The van der Waals surface area contributed by atoms with Gasteiger partial charge in [0.15, 0.2) is 0 Å². The summed E-state index contributed by atoms with van der Waals surface area (Å²) < 4.78 is 5.51. The van der Waals surface area contributed by atoms with Crippen molar-refractivity contribution in [3.8, 4) is 0 Å². The van der Waals surface area contributed by atoms with Crippen molar-refractivity contribution in [1.82, 2.24) is 10.2 Å². The fourth-order valence-electron chi connectivity index (χ4n) is 2.67. The van der Waals surface area contributed by atoms with Crippen LogP contribution in [0.2, 0.25) is 0 Å². The number of amides is 1. The first-order valence-electron chi connectivity index (χ1n) is 7.52. The topological polar surface area (TPSA) is 41.6 Å². The Labute approximate surface area is 127 Å². The monoisotopic (exact) mass is 290 g/mol. The van der Waals surface area contributed by atoms with E-state index in [1.165, 1.54) is 0 Å². The summed E-state index contributed by atoms with van der Waals surface area (Å²) in [5.74, 6) is 0.420. The molecule has 4 nitrogen and oxygen atoms in total. The van der Waals surface area contributed by atoms with Gasteiger partial charge in [-0.15, -0.1) is 0 Å². The molecule has 1 N–H and O–H groups in total. The number of hydrogen-bond acceptors (Lipinski definition) is 3. The minimum atomic E-state index is -0.365. The molecule has 0 aliphatic carbocycles. The third kappa shape index (κ3) is 3.44. The minimum Gasteiger partial charge on any atom is -0.377 e. The highest BCUT2D eigenvalue weighted by Crippen LogP contribution is 2.30. The first kappa shape index (κ1) is 16.0. The van der Waals surface area contributed by atoms with Crippen LogP contribution in [0.15, 0.2) is 30.3 Å². The lowest BCUT2D eigenvalue weighted by Gasteiger charge is -2.32. The molecular weight excluding hydrogens is 264 g/mol. The zero-order valence-corrected chi connectivity index (χ0v) is 13.6. The van der Waals surface area contributed by atoms with E-state index in [4.69, 9.17) is 4.74 Å². The third-order valence-corrected chi connectivity index (χ3v) is 4.08. The van der Waals surface area contributed by atoms with Crippen LogP contribution >= 0.6 is 0 Å². The van der Waals surface area contributed by atoms with E-state index in [0.717, 1.165) is 5.56 Å². The molecule has 2 unspecified atom stereocenters. The average molecular weight is 290 g/mol. The summed E-state index contributed by atoms with van der Waals surface area (Å²) in [6, 6.07) is 9.97. The largest absolute Gasteiger partial charge is 0.377 e. The molecule has 0 bridgehead atoms. The highest BCUT2D eigenvalue weighted by atomic mass is 16.5. The van der Waals surface area contributed by atoms with Gasteiger partial charge in [0.05, 0.1) is 18.2 Å². The molecule has 1 amide bonds. The van der Waals surface area contributed by atoms with Gasteiger partial charge >= 0.3 is 0 Å². The van der Waals surface area contributed by atoms with Crippen molar-refractivity contribution in [3.63, 3.8) is 0 Å². The van der Waals surface area contributed by atoms with Gasteiger partial charge < -0.3 is 9.64 Å². The Morgan fingerprint density at radius 3 is 2.43 bits per heavy atom. The lowest BCUT2D eigenvalue weighted by Crippen LogP contribution is -2.43. The van der Waals surface area contributed by atoms with Gasteiger partial charge in [-0.1, -0.05) is 44.2 Å². The van der Waals surface area contributed by atoms with E-state index >= 15 is 0 Å². The van der Waals surface area contributed by atoms with Gasteiger partial charge in [0, 0.05) is 7.11 Å². The van der Waals surface area contributed by atoms with Gasteiger partial charge in [0.2, 0.25) is 5.91 Å². The van der Waals surface area contributed by atoms with Crippen LogP contribution in [-0.2, 0) is 9.53 Å². The second-order valence-electron chi connectivity index (χ2n) is 6.63. The summed E-state index contributed by atoms with van der Waals surface area (Å²) in [4.78, 5) is 14.6. The van der Waals surface area contributed by atoms with Crippen LogP contribution in [0.4, 0.5) is 0 Å². The number of benzene rings is 1. The van der Waals surface area contributed by atoms with Gasteiger partial charge in [-0.25, -0.2) is 0 Å². The van der Waals surface area contributed by atoms with Crippen LogP contribution in [0.3, 0.4) is 0 Å². The Kier molecular flexibility index (Phi) is 4.69. The maximum atomic E-state index is 12.7. The van der Waals surface area contributed by atoms with E-state index in [2.05, 4.69) is 31.3 Å². The SMILES string of the molecule is COC(C)(C)CN1C(=O)C(C(C)C)NC1c1ccccc1. The van der Waals surface area contributed by atoms with Crippen molar-refractivity contribution in [1.29, 1.82) is 0 Å². The maximum Gasteiger partial charge on any atom is 0.241 e. The molecule has 1 aliphatic rings. The summed E-state index contributed by atoms with van der Waals surface area (Å²) in [6.45, 7) is 8.72. The van der Waals surface area contributed by atoms with Gasteiger partial charge in [-0.3, -0.25) is 10.1 Å². The van der Waals surface area contributed by atoms with Crippen molar-refractivity contribution in [2.24, 2.45) is 5.92 Å². The van der Waals surface area contributed by atoms with Gasteiger partial charge in [0.1, 0.15) is 6.17 Å². The smallest absolute Gasteiger partial charge is 0.241 e. The highest BCUT2D eigenvalue weighted by Gasteiger charge is 2.42. The fourth-order valence-corrected chi connectivity index (χ4v) is 2.67. The van der Waals surface area contributed by atoms with Crippen LogP contribution in [0.5, 0.6) is 0 Å². The second-order valence-corrected chi connectivity index (χ2v) is 6.63. The Morgan fingerprint density at radius 2 is 1.90 bits per heavy atom. The lowest BCUT2D eigenvalue weighted by molar-refractivity contribution is -0.134. The Morgan fingerprint density at radius 1 is 1.29 bits per heavy atom. The quantitative estimate of drug-likeness (QED) is 0.906. The molecular formula is C17H26N2O2. The molecule has 1 aliphatic heterocycles. The summed E-state index contributed by atoms with van der Waals surface area (Å²) >= 11 is 0. The van der Waals surface area contributed by atoms with E-state index in [1.807, 2.05) is 36.9 Å². The second kappa shape index (κ2) is 6.16. The molecule has 1 saturated heterocycles. The van der Waals surface area contributed by atoms with Crippen LogP contribution in [0, 0.1) is 5.92 Å². The number of nitrogens with one attached hydrogen (secondary N) is 1. The Hall–Kier alpha value is -1.39. The summed E-state index contributed by atoms with van der Waals surface area (Å²) in [6.07, 6.45) is -0.0828. The molecule has 0 radical (unpaired) electrons. The summed E-state index contributed by atoms with van der Waals surface area (Å²) in [7, 11) is 1.69. The molecule has 0 saturated carbocycles. The highest BCUT2D eigenvalue weighted by molar-refractivity contribution is 5.85. The predicted octanol–water partition coefficient (Wildman–Crippen LogP) is 2.57. The van der Waals surface area contributed by atoms with Crippen LogP contribution < -0.4 is 5.32 Å². The van der Waals surface area contributed by atoms with Crippen molar-refractivity contribution >= 4 is 5.91 Å². The average Bonchev–Trinajstić information content (AvgIpc) is 2.77. The third-order valence-electron chi connectivity index (χ3n) is 4.08. The standard InChI is InChI=1S/C17H26N2O2/c1-12(2)14-16(20)19(11-17(3,4)21-5)15(18-14)13-9-7-6-8-10-13/h6-10,12,14-15,18H,11H2,1-5H3. The molecule has 0 aromatic heterocycles. The molecule has 21 heavy (non-hydrogen) atoms. The number of methoxy groups -OCH3 is 1. The normalized spacial score (nSPS) is 23.1. The number of hydrogen-bond donors (Lipinski definition) is 1. The molecule has 2 atom stereocenters. The summed E-state index contributed by atoms with van der Waals surface area (Å²) in [5, 5.41) is 3.47. The molecule has 2 rings (SSSR count). The van der Waals surface area contributed by atoms with Crippen LogP contribution in [-0.4, -0.2) is 36.1 Å². The van der Waals surface area contributed by atoms with E-state index in [0.29, 0.717) is 6.54 Å². The predicted molar refractivity (Wildman–Crippen MR) is 83.7 cm³/mol. The molecule has 4 heteroatoms. The molecule has 1 heterocycles. The van der Waals surface area contributed by atoms with E-state index in [-0.39, 0.29) is 29.6 Å². The number of carbonyl (C=O) groups is 1.